The third-order valence-electron chi connectivity index (χ3n) is 3.87. The van der Waals surface area contributed by atoms with Gasteiger partial charge in [-0.05, 0) is 0 Å². The molecule has 0 aliphatic heterocycles. The molecule has 1 heteroatoms. The van der Waals surface area contributed by atoms with Gasteiger partial charge in [-0.1, -0.05) is 39.5 Å². The van der Waals surface area contributed by atoms with Crippen molar-refractivity contribution < 1.29 is 32.7 Å². The van der Waals surface area contributed by atoms with Gasteiger partial charge in [0.05, 0.1) is 0 Å². The first-order valence-corrected chi connectivity index (χ1v) is 6.13. The van der Waals surface area contributed by atoms with Crippen LogP contribution in [0.4, 0.5) is 0 Å². The molecule has 15 heavy (non-hydrogen) atoms. The summed E-state index contributed by atoms with van der Waals surface area (Å²) >= 11 is 0. The van der Waals surface area contributed by atoms with E-state index in [9.17, 15) is 0 Å². The molecule has 0 aromatic rings. The molecule has 0 heterocycles. The summed E-state index contributed by atoms with van der Waals surface area (Å²) in [6.07, 6.45) is 6.63. The fourth-order valence-corrected chi connectivity index (χ4v) is 2.46. The Kier molecular flexibility index (Phi) is 7.24. The summed E-state index contributed by atoms with van der Waals surface area (Å²) in [6, 6.07) is 0. The zero-order chi connectivity index (χ0) is 10.8. The van der Waals surface area contributed by atoms with Crippen LogP contribution in [0.25, 0.3) is 0 Å². The molecule has 1 aliphatic carbocycles. The van der Waals surface area contributed by atoms with Gasteiger partial charge in [-0.25, -0.2) is 0 Å². The summed E-state index contributed by atoms with van der Waals surface area (Å²) in [5, 5.41) is 0. The smallest absolute Gasteiger partial charge is 0 e. The van der Waals surface area contributed by atoms with Crippen LogP contribution in [-0.4, -0.2) is 0 Å². The third kappa shape index (κ3) is 4.86. The van der Waals surface area contributed by atoms with Gasteiger partial charge in [-0.2, -0.15) is 24.7 Å². The summed E-state index contributed by atoms with van der Waals surface area (Å²) in [6.45, 7) is 13.7. The van der Waals surface area contributed by atoms with E-state index in [1.165, 1.54) is 32.1 Å². The van der Waals surface area contributed by atoms with Gasteiger partial charge < -0.3 is 12.8 Å². The van der Waals surface area contributed by atoms with Crippen LogP contribution in [0.5, 0.6) is 0 Å². The first-order valence-electron chi connectivity index (χ1n) is 6.13. The van der Waals surface area contributed by atoms with Crippen molar-refractivity contribution in [3.05, 3.63) is 12.8 Å². The van der Waals surface area contributed by atoms with E-state index in [0.29, 0.717) is 5.41 Å². The van der Waals surface area contributed by atoms with Gasteiger partial charge in [0.2, 0.25) is 0 Å². The topological polar surface area (TPSA) is 0 Å². The normalized spacial score (nSPS) is 21.8. The van der Waals surface area contributed by atoms with Crippen molar-refractivity contribution in [1.29, 1.82) is 0 Å². The third-order valence-corrected chi connectivity index (χ3v) is 3.87. The largest absolute Gasteiger partial charge is 0.337 e. The van der Waals surface area contributed by atoms with Gasteiger partial charge in [0.1, 0.15) is 0 Å². The molecular formula is C14H26Y-2. The van der Waals surface area contributed by atoms with Gasteiger partial charge in [-0.15, -0.1) is 12.8 Å². The average molecular weight is 283 g/mol. The van der Waals surface area contributed by atoms with E-state index in [4.69, 9.17) is 0 Å². The molecule has 1 radical (unpaired) electrons. The van der Waals surface area contributed by atoms with Crippen molar-refractivity contribution in [3.63, 3.8) is 0 Å². The molecule has 1 saturated carbocycles. The van der Waals surface area contributed by atoms with Gasteiger partial charge >= 0.3 is 0 Å². The van der Waals surface area contributed by atoms with Crippen molar-refractivity contribution in [2.45, 2.75) is 59.8 Å². The number of hydrogen-bond acceptors (Lipinski definition) is 0. The summed E-state index contributed by atoms with van der Waals surface area (Å²) in [4.78, 5) is 0. The second-order valence-corrected chi connectivity index (χ2v) is 5.87. The van der Waals surface area contributed by atoms with E-state index in [2.05, 4.69) is 34.6 Å². The molecule has 0 spiro atoms. The second-order valence-electron chi connectivity index (χ2n) is 5.87. The molecule has 0 aromatic heterocycles. The summed E-state index contributed by atoms with van der Waals surface area (Å²) in [5.74, 6) is 3.37. The molecule has 0 atom stereocenters. The Morgan fingerprint density at radius 2 is 1.60 bits per heavy atom. The van der Waals surface area contributed by atoms with Crippen LogP contribution in [0.1, 0.15) is 59.8 Å². The van der Waals surface area contributed by atoms with E-state index in [0.717, 1.165) is 11.8 Å². The van der Waals surface area contributed by atoms with Crippen LogP contribution in [0.3, 0.4) is 0 Å². The van der Waals surface area contributed by atoms with E-state index >= 15 is 0 Å². The fraction of sp³-hybridized carbons (Fsp3) is 0.857. The van der Waals surface area contributed by atoms with Crippen molar-refractivity contribution in [1.82, 2.24) is 0 Å². The maximum absolute atomic E-state index is 4.43. The van der Waals surface area contributed by atoms with Gasteiger partial charge in [0.25, 0.3) is 0 Å². The molecule has 1 aliphatic rings. The number of hydrogen-bond donors (Lipinski definition) is 0. The van der Waals surface area contributed by atoms with Crippen molar-refractivity contribution in [2.75, 3.05) is 0 Å². The Bertz CT molecular complexity index is 164. The molecule has 0 bridgehead atoms. The van der Waals surface area contributed by atoms with Gasteiger partial charge in [0, 0.05) is 32.7 Å². The Balaban J connectivity index is 0.00000196. The van der Waals surface area contributed by atoms with Crippen molar-refractivity contribution in [3.8, 4) is 0 Å². The van der Waals surface area contributed by atoms with Crippen molar-refractivity contribution in [2.24, 2.45) is 17.3 Å². The maximum Gasteiger partial charge on any atom is 0 e. The monoisotopic (exact) mass is 283 g/mol. The molecule has 1 rings (SSSR count). The zero-order valence-electron chi connectivity index (χ0n) is 11.0. The van der Waals surface area contributed by atoms with E-state index in [1.807, 2.05) is 0 Å². The van der Waals surface area contributed by atoms with E-state index in [-0.39, 0.29) is 32.7 Å². The Hall–Kier alpha value is 1.10. The molecule has 1 fully saturated rings. The van der Waals surface area contributed by atoms with Crippen LogP contribution in [-0.2, 0) is 32.7 Å². The van der Waals surface area contributed by atoms with Crippen LogP contribution in [0.2, 0.25) is 0 Å². The quantitative estimate of drug-likeness (QED) is 0.661. The Morgan fingerprint density at radius 1 is 1.13 bits per heavy atom. The van der Waals surface area contributed by atoms with Crippen LogP contribution in [0, 0.1) is 30.1 Å². The summed E-state index contributed by atoms with van der Waals surface area (Å²) in [7, 11) is 0. The van der Waals surface area contributed by atoms with E-state index < -0.39 is 0 Å². The standard InChI is InChI=1S/C14H26.Y/c1-11(2)10-13-6-8-14(5,9-7-13)12(3)4;/h11-12H,5-10H2,1-4H3;/q-2;. The first kappa shape index (κ1) is 16.1. The molecule has 0 unspecified atom stereocenters. The molecule has 0 saturated heterocycles. The SMILES string of the molecule is [CH2-]C1(C(C)C)CC[C-](CC(C)C)CC1.[Y]. The minimum absolute atomic E-state index is 0. The zero-order valence-corrected chi connectivity index (χ0v) is 13.8. The molecule has 0 amide bonds. The minimum atomic E-state index is 0. The molecule has 0 nitrogen and oxygen atoms in total. The Morgan fingerprint density at radius 3 is 1.93 bits per heavy atom. The van der Waals surface area contributed by atoms with Crippen LogP contribution >= 0.6 is 0 Å². The molecule has 0 aromatic carbocycles. The van der Waals surface area contributed by atoms with Crippen LogP contribution in [0.15, 0.2) is 0 Å². The van der Waals surface area contributed by atoms with Gasteiger partial charge in [-0.3, -0.25) is 0 Å². The second kappa shape index (κ2) is 6.75. The molecule has 0 N–H and O–H groups in total. The van der Waals surface area contributed by atoms with Crippen molar-refractivity contribution >= 4 is 0 Å². The van der Waals surface area contributed by atoms with E-state index in [1.54, 1.807) is 5.92 Å². The van der Waals surface area contributed by atoms with Crippen LogP contribution < -0.4 is 0 Å². The first-order chi connectivity index (χ1) is 6.44. The predicted molar refractivity (Wildman–Crippen MR) is 63.8 cm³/mol. The number of rotatable bonds is 3. The van der Waals surface area contributed by atoms with Gasteiger partial charge in [0.15, 0.2) is 0 Å². The molecule has 87 valence electrons. The predicted octanol–water partition coefficient (Wildman–Crippen LogP) is 4.65. The summed E-state index contributed by atoms with van der Waals surface area (Å²) in [5.41, 5.74) is 0.375. The average Bonchev–Trinajstić information content (AvgIpc) is 2.08. The summed E-state index contributed by atoms with van der Waals surface area (Å²) < 4.78 is 0. The Labute approximate surface area is 122 Å². The minimum Gasteiger partial charge on any atom is -0.337 e. The fourth-order valence-electron chi connectivity index (χ4n) is 2.46. The maximum atomic E-state index is 4.43. The molecular weight excluding hydrogens is 257 g/mol.